The SMILES string of the molecule is CN1CCC2(CC1)CC(NC(=O)CNC(=O)c1ccc(Cl)c(Cl)c1)c1ccccc1O2. The van der Waals surface area contributed by atoms with E-state index in [-0.39, 0.29) is 30.0 Å². The number of rotatable bonds is 4. The van der Waals surface area contributed by atoms with Gasteiger partial charge in [-0.2, -0.15) is 0 Å². The molecule has 4 rings (SSSR count). The van der Waals surface area contributed by atoms with Crippen LogP contribution >= 0.6 is 23.2 Å². The third-order valence-corrected chi connectivity index (χ3v) is 6.76. The molecule has 1 saturated heterocycles. The standard InChI is InChI=1S/C23H25Cl2N3O3/c1-28-10-8-23(9-11-28)13-19(16-4-2-3-5-20(16)31-23)27-21(29)14-26-22(30)15-6-7-17(24)18(25)12-15/h2-7,12,19H,8-11,13-14H2,1H3,(H,26,30)(H,27,29). The van der Waals surface area contributed by atoms with E-state index in [0.29, 0.717) is 22.0 Å². The molecule has 164 valence electrons. The van der Waals surface area contributed by atoms with Crippen molar-refractivity contribution in [1.82, 2.24) is 15.5 Å². The molecular weight excluding hydrogens is 437 g/mol. The van der Waals surface area contributed by atoms with Gasteiger partial charge in [-0.15, -0.1) is 0 Å². The summed E-state index contributed by atoms with van der Waals surface area (Å²) in [5.74, 6) is 0.189. The lowest BCUT2D eigenvalue weighted by Gasteiger charge is -2.46. The number of piperidine rings is 1. The van der Waals surface area contributed by atoms with Crippen LogP contribution in [0, 0.1) is 0 Å². The summed E-state index contributed by atoms with van der Waals surface area (Å²) in [6.07, 6.45) is 2.54. The maximum Gasteiger partial charge on any atom is 0.251 e. The van der Waals surface area contributed by atoms with Crippen molar-refractivity contribution in [3.63, 3.8) is 0 Å². The van der Waals surface area contributed by atoms with Crippen molar-refractivity contribution in [2.45, 2.75) is 30.9 Å². The van der Waals surface area contributed by atoms with E-state index in [2.05, 4.69) is 22.6 Å². The number of nitrogens with one attached hydrogen (secondary N) is 2. The van der Waals surface area contributed by atoms with Crippen LogP contribution < -0.4 is 15.4 Å². The number of amides is 2. The predicted molar refractivity (Wildman–Crippen MR) is 121 cm³/mol. The van der Waals surface area contributed by atoms with Crippen LogP contribution in [0.5, 0.6) is 5.75 Å². The van der Waals surface area contributed by atoms with Gasteiger partial charge in [0.05, 0.1) is 22.6 Å². The highest BCUT2D eigenvalue weighted by molar-refractivity contribution is 6.42. The Balaban J connectivity index is 1.41. The Morgan fingerprint density at radius 2 is 1.87 bits per heavy atom. The van der Waals surface area contributed by atoms with Crippen LogP contribution in [0.4, 0.5) is 0 Å². The Labute approximate surface area is 191 Å². The molecule has 6 nitrogen and oxygen atoms in total. The number of fused-ring (bicyclic) bond motifs is 1. The molecule has 1 atom stereocenters. The van der Waals surface area contributed by atoms with Gasteiger partial charge < -0.3 is 20.3 Å². The molecule has 2 N–H and O–H groups in total. The lowest BCUT2D eigenvalue weighted by atomic mass is 9.80. The largest absolute Gasteiger partial charge is 0.487 e. The number of halogens is 2. The molecule has 2 aromatic carbocycles. The Kier molecular flexibility index (Phi) is 6.42. The first-order chi connectivity index (χ1) is 14.8. The normalized spacial score (nSPS) is 19.9. The molecule has 31 heavy (non-hydrogen) atoms. The summed E-state index contributed by atoms with van der Waals surface area (Å²) in [7, 11) is 2.11. The Morgan fingerprint density at radius 3 is 2.61 bits per heavy atom. The smallest absolute Gasteiger partial charge is 0.251 e. The van der Waals surface area contributed by atoms with E-state index in [0.717, 1.165) is 37.2 Å². The molecule has 2 aliphatic rings. The number of nitrogens with zero attached hydrogens (tertiary/aromatic N) is 1. The van der Waals surface area contributed by atoms with Gasteiger partial charge in [-0.25, -0.2) is 0 Å². The predicted octanol–water partition coefficient (Wildman–Crippen LogP) is 3.83. The van der Waals surface area contributed by atoms with Gasteiger partial charge in [0.15, 0.2) is 0 Å². The second-order valence-corrected chi connectivity index (χ2v) is 9.08. The first-order valence-electron chi connectivity index (χ1n) is 10.3. The minimum atomic E-state index is -0.382. The quantitative estimate of drug-likeness (QED) is 0.725. The molecule has 0 radical (unpaired) electrons. The molecule has 1 unspecified atom stereocenters. The van der Waals surface area contributed by atoms with Gasteiger partial charge in [-0.3, -0.25) is 9.59 Å². The molecule has 2 aromatic rings. The summed E-state index contributed by atoms with van der Waals surface area (Å²) in [6, 6.07) is 12.3. The number of likely N-dealkylation sites (tertiary alicyclic amines) is 1. The molecule has 2 aliphatic heterocycles. The van der Waals surface area contributed by atoms with Gasteiger partial charge in [0.25, 0.3) is 5.91 Å². The van der Waals surface area contributed by atoms with Gasteiger partial charge in [0.2, 0.25) is 5.91 Å². The number of hydrogen-bond acceptors (Lipinski definition) is 4. The Morgan fingerprint density at radius 1 is 1.13 bits per heavy atom. The van der Waals surface area contributed by atoms with E-state index in [1.54, 1.807) is 12.1 Å². The number of carbonyl (C=O) groups excluding carboxylic acids is 2. The Hall–Kier alpha value is -2.28. The van der Waals surface area contributed by atoms with Crippen molar-refractivity contribution in [3.05, 3.63) is 63.6 Å². The van der Waals surface area contributed by atoms with Crippen LogP contribution in [0.25, 0.3) is 0 Å². The average molecular weight is 462 g/mol. The molecule has 2 heterocycles. The number of benzene rings is 2. The van der Waals surface area contributed by atoms with Crippen molar-refractivity contribution in [1.29, 1.82) is 0 Å². The maximum atomic E-state index is 12.7. The zero-order valence-electron chi connectivity index (χ0n) is 17.3. The van der Waals surface area contributed by atoms with Crippen LogP contribution in [0.1, 0.15) is 41.2 Å². The van der Waals surface area contributed by atoms with Crippen molar-refractivity contribution < 1.29 is 14.3 Å². The molecule has 8 heteroatoms. The minimum Gasteiger partial charge on any atom is -0.487 e. The van der Waals surface area contributed by atoms with Crippen molar-refractivity contribution >= 4 is 35.0 Å². The highest BCUT2D eigenvalue weighted by Crippen LogP contribution is 2.44. The van der Waals surface area contributed by atoms with Gasteiger partial charge in [-0.1, -0.05) is 41.4 Å². The van der Waals surface area contributed by atoms with E-state index in [1.807, 2.05) is 24.3 Å². The zero-order valence-corrected chi connectivity index (χ0v) is 18.8. The fourth-order valence-corrected chi connectivity index (χ4v) is 4.52. The van der Waals surface area contributed by atoms with Crippen LogP contribution in [0.2, 0.25) is 10.0 Å². The van der Waals surface area contributed by atoms with Crippen LogP contribution in [-0.4, -0.2) is 49.0 Å². The third kappa shape index (κ3) is 4.97. The monoisotopic (exact) mass is 461 g/mol. The lowest BCUT2D eigenvalue weighted by Crippen LogP contribution is -2.52. The second kappa shape index (κ2) is 9.07. The van der Waals surface area contributed by atoms with Gasteiger partial charge in [-0.05, 0) is 44.2 Å². The summed E-state index contributed by atoms with van der Waals surface area (Å²) in [4.78, 5) is 27.3. The van der Waals surface area contributed by atoms with Gasteiger partial charge >= 0.3 is 0 Å². The van der Waals surface area contributed by atoms with Crippen molar-refractivity contribution in [3.8, 4) is 5.75 Å². The van der Waals surface area contributed by atoms with E-state index in [4.69, 9.17) is 27.9 Å². The molecule has 0 saturated carbocycles. The molecule has 1 fully saturated rings. The second-order valence-electron chi connectivity index (χ2n) is 8.26. The zero-order chi connectivity index (χ0) is 22.0. The minimum absolute atomic E-state index is 0.131. The average Bonchev–Trinajstić information content (AvgIpc) is 2.76. The lowest BCUT2D eigenvalue weighted by molar-refractivity contribution is -0.121. The first kappa shape index (κ1) is 21.9. The molecule has 2 amide bonds. The highest BCUT2D eigenvalue weighted by Gasteiger charge is 2.43. The summed E-state index contributed by atoms with van der Waals surface area (Å²) in [5, 5.41) is 6.40. The first-order valence-corrected chi connectivity index (χ1v) is 11.1. The molecular formula is C23H25Cl2N3O3. The van der Waals surface area contributed by atoms with Crippen molar-refractivity contribution in [2.24, 2.45) is 0 Å². The summed E-state index contributed by atoms with van der Waals surface area (Å²) < 4.78 is 6.43. The summed E-state index contributed by atoms with van der Waals surface area (Å²) >= 11 is 11.9. The third-order valence-electron chi connectivity index (χ3n) is 6.02. The summed E-state index contributed by atoms with van der Waals surface area (Å²) in [5.41, 5.74) is 1.04. The summed E-state index contributed by atoms with van der Waals surface area (Å²) in [6.45, 7) is 1.79. The van der Waals surface area contributed by atoms with E-state index >= 15 is 0 Å². The fourth-order valence-electron chi connectivity index (χ4n) is 4.22. The maximum absolute atomic E-state index is 12.7. The van der Waals surface area contributed by atoms with E-state index in [9.17, 15) is 9.59 Å². The number of hydrogen-bond donors (Lipinski definition) is 2. The van der Waals surface area contributed by atoms with Crippen LogP contribution in [0.15, 0.2) is 42.5 Å². The molecule has 0 bridgehead atoms. The number of carbonyl (C=O) groups is 2. The number of ether oxygens (including phenoxy) is 1. The van der Waals surface area contributed by atoms with Crippen LogP contribution in [0.3, 0.4) is 0 Å². The van der Waals surface area contributed by atoms with Crippen LogP contribution in [-0.2, 0) is 4.79 Å². The van der Waals surface area contributed by atoms with E-state index in [1.165, 1.54) is 6.07 Å². The van der Waals surface area contributed by atoms with Gasteiger partial charge in [0.1, 0.15) is 11.4 Å². The Bertz CT molecular complexity index is 990. The van der Waals surface area contributed by atoms with Gasteiger partial charge in [0, 0.05) is 30.6 Å². The van der Waals surface area contributed by atoms with E-state index < -0.39 is 0 Å². The molecule has 1 spiro atoms. The number of para-hydroxylation sites is 1. The molecule has 0 aliphatic carbocycles. The topological polar surface area (TPSA) is 70.7 Å². The molecule has 0 aromatic heterocycles. The highest BCUT2D eigenvalue weighted by atomic mass is 35.5. The fraction of sp³-hybridized carbons (Fsp3) is 0.391. The van der Waals surface area contributed by atoms with Crippen molar-refractivity contribution in [2.75, 3.05) is 26.7 Å².